The van der Waals surface area contributed by atoms with Gasteiger partial charge in [-0.3, -0.25) is 9.59 Å². The van der Waals surface area contributed by atoms with Crippen LogP contribution in [0.3, 0.4) is 0 Å². The molecule has 2 unspecified atom stereocenters. The van der Waals surface area contributed by atoms with Crippen LogP contribution >= 0.6 is 12.4 Å². The van der Waals surface area contributed by atoms with Crippen LogP contribution in [-0.4, -0.2) is 31.4 Å². The molecule has 2 aliphatic heterocycles. The van der Waals surface area contributed by atoms with Crippen molar-refractivity contribution in [2.24, 2.45) is 11.8 Å². The van der Waals surface area contributed by atoms with E-state index in [9.17, 15) is 9.59 Å². The molecule has 2 saturated heterocycles. The second-order valence-electron chi connectivity index (χ2n) is 7.39. The number of nitrogens with zero attached hydrogens (tertiary/aromatic N) is 1. The van der Waals surface area contributed by atoms with Crippen molar-refractivity contribution in [2.75, 3.05) is 29.9 Å². The molecule has 2 atom stereocenters. The van der Waals surface area contributed by atoms with E-state index in [4.69, 9.17) is 0 Å². The molecule has 2 N–H and O–H groups in total. The van der Waals surface area contributed by atoms with Gasteiger partial charge in [0.2, 0.25) is 11.8 Å². The maximum absolute atomic E-state index is 12.4. The van der Waals surface area contributed by atoms with E-state index in [0.717, 1.165) is 43.9 Å². The van der Waals surface area contributed by atoms with Gasteiger partial charge in [0.25, 0.3) is 0 Å². The van der Waals surface area contributed by atoms with Crippen molar-refractivity contribution < 1.29 is 9.59 Å². The summed E-state index contributed by atoms with van der Waals surface area (Å²) in [6, 6.07) is 7.65. The van der Waals surface area contributed by atoms with Crippen LogP contribution < -0.4 is 15.5 Å². The average Bonchev–Trinajstić information content (AvgIpc) is 2.63. The molecule has 1 aromatic carbocycles. The van der Waals surface area contributed by atoms with Crippen molar-refractivity contribution in [3.05, 3.63) is 24.3 Å². The Bertz CT molecular complexity index is 617. The number of carbonyl (C=O) groups excluding carboxylic acids is 2. The Morgan fingerprint density at radius 3 is 2.92 bits per heavy atom. The molecule has 0 aliphatic carbocycles. The number of nitrogens with one attached hydrogen (secondary N) is 2. The highest BCUT2D eigenvalue weighted by Gasteiger charge is 2.23. The smallest absolute Gasteiger partial charge is 0.226 e. The van der Waals surface area contributed by atoms with Crippen molar-refractivity contribution in [3.8, 4) is 0 Å². The molecule has 0 radical (unpaired) electrons. The van der Waals surface area contributed by atoms with E-state index in [0.29, 0.717) is 24.7 Å². The Morgan fingerprint density at radius 1 is 1.35 bits per heavy atom. The van der Waals surface area contributed by atoms with Gasteiger partial charge in [-0.2, -0.15) is 0 Å². The quantitative estimate of drug-likeness (QED) is 0.821. The first kappa shape index (κ1) is 20.7. The van der Waals surface area contributed by atoms with E-state index in [1.165, 1.54) is 12.8 Å². The molecular weight excluding hydrogens is 350 g/mol. The Labute approximate surface area is 162 Å². The number of piperidine rings is 2. The predicted molar refractivity (Wildman–Crippen MR) is 108 cm³/mol. The summed E-state index contributed by atoms with van der Waals surface area (Å²) in [5.74, 6) is 1.19. The van der Waals surface area contributed by atoms with Crippen LogP contribution in [0, 0.1) is 11.8 Å². The van der Waals surface area contributed by atoms with Crippen LogP contribution in [0.5, 0.6) is 0 Å². The minimum Gasteiger partial charge on any atom is -0.326 e. The van der Waals surface area contributed by atoms with E-state index >= 15 is 0 Å². The Kier molecular flexibility index (Phi) is 7.91. The zero-order valence-corrected chi connectivity index (χ0v) is 16.3. The predicted octanol–water partition coefficient (Wildman–Crippen LogP) is 3.59. The Balaban J connectivity index is 0.00000243. The summed E-state index contributed by atoms with van der Waals surface area (Å²) < 4.78 is 0. The number of anilines is 2. The molecule has 2 fully saturated rings. The fourth-order valence-corrected chi connectivity index (χ4v) is 3.87. The highest BCUT2D eigenvalue weighted by atomic mass is 35.5. The maximum Gasteiger partial charge on any atom is 0.226 e. The first-order valence-electron chi connectivity index (χ1n) is 9.54. The van der Waals surface area contributed by atoms with Gasteiger partial charge in [-0.05, 0) is 68.8 Å². The molecule has 0 spiro atoms. The van der Waals surface area contributed by atoms with E-state index in [1.54, 1.807) is 0 Å². The zero-order chi connectivity index (χ0) is 17.6. The summed E-state index contributed by atoms with van der Waals surface area (Å²) in [4.78, 5) is 26.3. The molecule has 0 aromatic heterocycles. The standard InChI is InChI=1S/C20H29N3O2.ClH/c1-15(16-6-5-10-21-14-16)12-19(24)22-17-7-4-8-18(13-17)23-11-3-2-9-20(23)25;/h4,7-8,13,15-16,21H,2-3,5-6,9-12,14H2,1H3,(H,22,24);1H. The molecule has 144 valence electrons. The lowest BCUT2D eigenvalue weighted by molar-refractivity contribution is -0.119. The van der Waals surface area contributed by atoms with Crippen LogP contribution in [0.15, 0.2) is 24.3 Å². The number of benzene rings is 1. The van der Waals surface area contributed by atoms with Gasteiger partial charge in [0, 0.05) is 30.8 Å². The highest BCUT2D eigenvalue weighted by molar-refractivity contribution is 5.96. The molecule has 2 heterocycles. The maximum atomic E-state index is 12.4. The molecule has 1 aromatic rings. The Morgan fingerprint density at radius 2 is 2.19 bits per heavy atom. The van der Waals surface area contributed by atoms with Crippen molar-refractivity contribution >= 4 is 35.6 Å². The van der Waals surface area contributed by atoms with Gasteiger partial charge in [-0.15, -0.1) is 12.4 Å². The second-order valence-corrected chi connectivity index (χ2v) is 7.39. The second kappa shape index (κ2) is 9.93. The summed E-state index contributed by atoms with van der Waals surface area (Å²) >= 11 is 0. The first-order valence-corrected chi connectivity index (χ1v) is 9.54. The summed E-state index contributed by atoms with van der Waals surface area (Å²) in [6.07, 6.45) is 5.56. The van der Waals surface area contributed by atoms with E-state index < -0.39 is 0 Å². The number of carbonyl (C=O) groups is 2. The van der Waals surface area contributed by atoms with E-state index in [2.05, 4.69) is 17.6 Å². The highest BCUT2D eigenvalue weighted by Crippen LogP contribution is 2.25. The van der Waals surface area contributed by atoms with Crippen LogP contribution in [0.4, 0.5) is 11.4 Å². The number of rotatable bonds is 5. The SMILES string of the molecule is CC(CC(=O)Nc1cccc(N2CCCCC2=O)c1)C1CCCNC1.Cl. The normalized spacial score (nSPS) is 21.7. The van der Waals surface area contributed by atoms with Gasteiger partial charge >= 0.3 is 0 Å². The summed E-state index contributed by atoms with van der Waals surface area (Å²) in [5.41, 5.74) is 1.65. The van der Waals surface area contributed by atoms with Gasteiger partial charge in [-0.1, -0.05) is 13.0 Å². The van der Waals surface area contributed by atoms with Crippen LogP contribution in [-0.2, 0) is 9.59 Å². The number of amides is 2. The van der Waals surface area contributed by atoms with Gasteiger partial charge in [0.05, 0.1) is 0 Å². The molecule has 2 amide bonds. The molecule has 2 aliphatic rings. The minimum atomic E-state index is 0. The topological polar surface area (TPSA) is 61.4 Å². The monoisotopic (exact) mass is 379 g/mol. The van der Waals surface area contributed by atoms with Crippen molar-refractivity contribution in [1.82, 2.24) is 5.32 Å². The molecule has 3 rings (SSSR count). The van der Waals surface area contributed by atoms with E-state index in [-0.39, 0.29) is 24.2 Å². The molecule has 5 nitrogen and oxygen atoms in total. The number of halogens is 1. The third kappa shape index (κ3) is 5.45. The minimum absolute atomic E-state index is 0. The molecular formula is C20H30ClN3O2. The van der Waals surface area contributed by atoms with Crippen LogP contribution in [0.25, 0.3) is 0 Å². The lowest BCUT2D eigenvalue weighted by Gasteiger charge is -2.28. The van der Waals surface area contributed by atoms with Crippen molar-refractivity contribution in [3.63, 3.8) is 0 Å². The van der Waals surface area contributed by atoms with Crippen LogP contribution in [0.2, 0.25) is 0 Å². The van der Waals surface area contributed by atoms with E-state index in [1.807, 2.05) is 29.2 Å². The van der Waals surface area contributed by atoms with Crippen LogP contribution in [0.1, 0.15) is 45.4 Å². The fraction of sp³-hybridized carbons (Fsp3) is 0.600. The molecule has 0 bridgehead atoms. The third-order valence-corrected chi connectivity index (χ3v) is 5.41. The molecule has 26 heavy (non-hydrogen) atoms. The Hall–Kier alpha value is -1.59. The first-order chi connectivity index (χ1) is 12.1. The average molecular weight is 380 g/mol. The fourth-order valence-electron chi connectivity index (χ4n) is 3.87. The van der Waals surface area contributed by atoms with Gasteiger partial charge < -0.3 is 15.5 Å². The van der Waals surface area contributed by atoms with Gasteiger partial charge in [0.15, 0.2) is 0 Å². The summed E-state index contributed by atoms with van der Waals surface area (Å²) in [5, 5.41) is 6.43. The lowest BCUT2D eigenvalue weighted by atomic mass is 9.85. The van der Waals surface area contributed by atoms with Crippen molar-refractivity contribution in [1.29, 1.82) is 0 Å². The number of hydrogen-bond acceptors (Lipinski definition) is 3. The molecule has 6 heteroatoms. The molecule has 0 saturated carbocycles. The zero-order valence-electron chi connectivity index (χ0n) is 15.5. The van der Waals surface area contributed by atoms with Gasteiger partial charge in [-0.25, -0.2) is 0 Å². The summed E-state index contributed by atoms with van der Waals surface area (Å²) in [7, 11) is 0. The van der Waals surface area contributed by atoms with Crippen molar-refractivity contribution in [2.45, 2.75) is 45.4 Å². The lowest BCUT2D eigenvalue weighted by Crippen LogP contribution is -2.35. The largest absolute Gasteiger partial charge is 0.326 e. The summed E-state index contributed by atoms with van der Waals surface area (Å²) in [6.45, 7) is 5.04. The number of hydrogen-bond donors (Lipinski definition) is 2. The van der Waals surface area contributed by atoms with Gasteiger partial charge in [0.1, 0.15) is 0 Å². The third-order valence-electron chi connectivity index (χ3n) is 5.41.